The van der Waals surface area contributed by atoms with Crippen LogP contribution in [0.4, 0.5) is 0 Å². The SMILES string of the molecule is COc1ccc([C@H]2CC(c3ccccc3)=NN2C(=O)CSc2nnc(-c3ccoc3C)n2C)cc1. The molecular weight excluding hydrogens is 462 g/mol. The molecule has 35 heavy (non-hydrogen) atoms. The minimum atomic E-state index is -0.187. The van der Waals surface area contributed by atoms with Crippen LogP contribution in [-0.2, 0) is 11.8 Å². The molecule has 0 spiro atoms. The molecule has 0 bridgehead atoms. The lowest BCUT2D eigenvalue weighted by Crippen LogP contribution is -2.28. The van der Waals surface area contributed by atoms with Gasteiger partial charge >= 0.3 is 0 Å². The van der Waals surface area contributed by atoms with E-state index in [4.69, 9.17) is 14.3 Å². The number of benzene rings is 2. The van der Waals surface area contributed by atoms with Gasteiger partial charge in [0.15, 0.2) is 11.0 Å². The second-order valence-electron chi connectivity index (χ2n) is 8.19. The standard InChI is InChI=1S/C26H25N5O3S/c1-17-21(13-14-34-17)25-27-28-26(30(25)2)35-16-24(32)31-23(19-9-11-20(33-3)12-10-19)15-22(29-31)18-7-5-4-6-8-18/h4-14,23H,15-16H2,1-3H3/t23-/m1/s1. The highest BCUT2D eigenvalue weighted by Crippen LogP contribution is 2.34. The minimum Gasteiger partial charge on any atom is -0.497 e. The van der Waals surface area contributed by atoms with Crippen molar-refractivity contribution in [1.29, 1.82) is 0 Å². The Labute approximate surface area is 207 Å². The van der Waals surface area contributed by atoms with Crippen molar-refractivity contribution < 1.29 is 13.9 Å². The normalized spacial score (nSPS) is 15.3. The third-order valence-corrected chi connectivity index (χ3v) is 7.04. The molecule has 8 nitrogen and oxygen atoms in total. The topological polar surface area (TPSA) is 85.8 Å². The Morgan fingerprint density at radius 1 is 1.11 bits per heavy atom. The fourth-order valence-electron chi connectivity index (χ4n) is 4.12. The molecule has 3 heterocycles. The maximum atomic E-state index is 13.4. The number of aryl methyl sites for hydroxylation is 1. The van der Waals surface area contributed by atoms with Crippen molar-refractivity contribution in [3.63, 3.8) is 0 Å². The quantitative estimate of drug-likeness (QED) is 0.346. The number of ether oxygens (including phenoxy) is 1. The van der Waals surface area contributed by atoms with Crippen molar-refractivity contribution in [2.24, 2.45) is 12.1 Å². The Hall–Kier alpha value is -3.85. The van der Waals surface area contributed by atoms with Gasteiger partial charge in [-0.2, -0.15) is 5.10 Å². The molecule has 5 rings (SSSR count). The second kappa shape index (κ2) is 9.79. The van der Waals surface area contributed by atoms with E-state index in [2.05, 4.69) is 10.2 Å². The molecular formula is C26H25N5O3S. The maximum Gasteiger partial charge on any atom is 0.253 e. The van der Waals surface area contributed by atoms with Crippen molar-refractivity contribution in [2.45, 2.75) is 24.5 Å². The van der Waals surface area contributed by atoms with Gasteiger partial charge in [0.2, 0.25) is 0 Å². The zero-order valence-electron chi connectivity index (χ0n) is 19.7. The number of carbonyl (C=O) groups excluding carboxylic acids is 1. The first-order chi connectivity index (χ1) is 17.0. The van der Waals surface area contributed by atoms with Crippen molar-refractivity contribution in [3.05, 3.63) is 83.8 Å². The summed E-state index contributed by atoms with van der Waals surface area (Å²) >= 11 is 1.34. The van der Waals surface area contributed by atoms with Gasteiger partial charge in [-0.3, -0.25) is 4.79 Å². The van der Waals surface area contributed by atoms with Gasteiger partial charge in [-0.1, -0.05) is 54.2 Å². The minimum absolute atomic E-state index is 0.0919. The van der Waals surface area contributed by atoms with E-state index in [1.807, 2.05) is 79.2 Å². The lowest BCUT2D eigenvalue weighted by Gasteiger charge is -2.22. The Morgan fingerprint density at radius 3 is 2.57 bits per heavy atom. The number of amides is 1. The van der Waals surface area contributed by atoms with Crippen molar-refractivity contribution in [1.82, 2.24) is 19.8 Å². The summed E-state index contributed by atoms with van der Waals surface area (Å²) in [6.45, 7) is 1.88. The zero-order valence-corrected chi connectivity index (χ0v) is 20.5. The van der Waals surface area contributed by atoms with Crippen LogP contribution in [0.25, 0.3) is 11.4 Å². The van der Waals surface area contributed by atoms with Gasteiger partial charge in [0.25, 0.3) is 5.91 Å². The van der Waals surface area contributed by atoms with E-state index in [0.29, 0.717) is 17.4 Å². The van der Waals surface area contributed by atoms with E-state index < -0.39 is 0 Å². The van der Waals surface area contributed by atoms with Crippen LogP contribution < -0.4 is 4.74 Å². The van der Waals surface area contributed by atoms with E-state index in [1.165, 1.54) is 11.8 Å². The van der Waals surface area contributed by atoms with Crippen LogP contribution in [0.3, 0.4) is 0 Å². The van der Waals surface area contributed by atoms with Gasteiger partial charge in [-0.05, 0) is 36.2 Å². The Kier molecular flexibility index (Phi) is 6.41. The highest BCUT2D eigenvalue weighted by atomic mass is 32.2. The molecule has 1 amide bonds. The highest BCUT2D eigenvalue weighted by molar-refractivity contribution is 7.99. The number of furan rings is 1. The Bertz CT molecular complexity index is 1360. The number of hydrogen-bond donors (Lipinski definition) is 0. The van der Waals surface area contributed by atoms with Crippen molar-refractivity contribution >= 4 is 23.4 Å². The third kappa shape index (κ3) is 4.59. The molecule has 0 unspecified atom stereocenters. The first kappa shape index (κ1) is 22.9. The molecule has 0 fully saturated rings. The van der Waals surface area contributed by atoms with Gasteiger partial charge in [0.1, 0.15) is 11.5 Å². The van der Waals surface area contributed by atoms with Gasteiger partial charge in [-0.25, -0.2) is 5.01 Å². The average Bonchev–Trinajstić information content (AvgIpc) is 3.62. The fourth-order valence-corrected chi connectivity index (χ4v) is 4.88. The maximum absolute atomic E-state index is 13.4. The summed E-state index contributed by atoms with van der Waals surface area (Å²) in [7, 11) is 3.52. The van der Waals surface area contributed by atoms with Crippen LogP contribution >= 0.6 is 11.8 Å². The molecule has 0 saturated heterocycles. The molecule has 1 aliphatic heterocycles. The molecule has 0 saturated carbocycles. The third-order valence-electron chi connectivity index (χ3n) is 6.03. The molecule has 1 atom stereocenters. The summed E-state index contributed by atoms with van der Waals surface area (Å²) in [4.78, 5) is 13.4. The summed E-state index contributed by atoms with van der Waals surface area (Å²) in [6.07, 6.45) is 2.27. The molecule has 178 valence electrons. The van der Waals surface area contributed by atoms with E-state index in [0.717, 1.165) is 33.9 Å². The summed E-state index contributed by atoms with van der Waals surface area (Å²) in [5, 5.41) is 15.6. The summed E-state index contributed by atoms with van der Waals surface area (Å²) < 4.78 is 12.6. The average molecular weight is 488 g/mol. The van der Waals surface area contributed by atoms with Crippen LogP contribution in [-0.4, -0.2) is 44.3 Å². The summed E-state index contributed by atoms with van der Waals surface area (Å²) in [5.41, 5.74) is 3.80. The number of hydrogen-bond acceptors (Lipinski definition) is 7. The predicted octanol–water partition coefficient (Wildman–Crippen LogP) is 4.86. The lowest BCUT2D eigenvalue weighted by atomic mass is 9.98. The molecule has 0 radical (unpaired) electrons. The highest BCUT2D eigenvalue weighted by Gasteiger charge is 2.33. The summed E-state index contributed by atoms with van der Waals surface area (Å²) in [5.74, 6) is 2.35. The molecule has 2 aromatic carbocycles. The van der Waals surface area contributed by atoms with Crippen molar-refractivity contribution in [3.8, 4) is 17.1 Å². The number of hydrazone groups is 1. The number of methoxy groups -OCH3 is 1. The van der Waals surface area contributed by atoms with E-state index in [-0.39, 0.29) is 17.7 Å². The second-order valence-corrected chi connectivity index (χ2v) is 9.13. The lowest BCUT2D eigenvalue weighted by molar-refractivity contribution is -0.130. The first-order valence-electron chi connectivity index (χ1n) is 11.2. The molecule has 0 N–H and O–H groups in total. The monoisotopic (exact) mass is 487 g/mol. The molecule has 9 heteroatoms. The fraction of sp³-hybridized carbons (Fsp3) is 0.231. The van der Waals surface area contributed by atoms with Gasteiger partial charge in [0, 0.05) is 13.5 Å². The number of carbonyl (C=O) groups is 1. The van der Waals surface area contributed by atoms with E-state index in [9.17, 15) is 4.79 Å². The largest absolute Gasteiger partial charge is 0.497 e. The van der Waals surface area contributed by atoms with Crippen LogP contribution in [0.15, 0.2) is 81.6 Å². The Morgan fingerprint density at radius 2 is 1.89 bits per heavy atom. The van der Waals surface area contributed by atoms with Gasteiger partial charge < -0.3 is 13.7 Å². The Balaban J connectivity index is 1.37. The van der Waals surface area contributed by atoms with Gasteiger partial charge in [0.05, 0.1) is 36.4 Å². The van der Waals surface area contributed by atoms with E-state index in [1.54, 1.807) is 18.4 Å². The smallest absolute Gasteiger partial charge is 0.253 e. The number of nitrogens with zero attached hydrogens (tertiary/aromatic N) is 5. The number of aromatic nitrogens is 3. The van der Waals surface area contributed by atoms with Crippen LogP contribution in [0.5, 0.6) is 5.75 Å². The first-order valence-corrected chi connectivity index (χ1v) is 12.2. The molecule has 4 aromatic rings. The van der Waals surface area contributed by atoms with Crippen LogP contribution in [0, 0.1) is 6.92 Å². The van der Waals surface area contributed by atoms with Crippen LogP contribution in [0.1, 0.15) is 29.3 Å². The molecule has 2 aromatic heterocycles. The van der Waals surface area contributed by atoms with Gasteiger partial charge in [-0.15, -0.1) is 10.2 Å². The predicted molar refractivity (Wildman–Crippen MR) is 134 cm³/mol. The number of rotatable bonds is 7. The van der Waals surface area contributed by atoms with E-state index >= 15 is 0 Å². The number of thioether (sulfide) groups is 1. The zero-order chi connectivity index (χ0) is 24.4. The van der Waals surface area contributed by atoms with Crippen LogP contribution in [0.2, 0.25) is 0 Å². The summed E-state index contributed by atoms with van der Waals surface area (Å²) in [6, 6.07) is 19.4. The molecule has 1 aliphatic rings. The molecule has 0 aliphatic carbocycles. The van der Waals surface area contributed by atoms with Crippen molar-refractivity contribution in [2.75, 3.05) is 12.9 Å².